The zero-order valence-corrected chi connectivity index (χ0v) is 21.5. The minimum atomic E-state index is 0.0946. The van der Waals surface area contributed by atoms with Crippen molar-refractivity contribution in [3.63, 3.8) is 0 Å². The molecular formula is C28H30N10. The van der Waals surface area contributed by atoms with Gasteiger partial charge in [-0.05, 0) is 67.0 Å². The normalized spacial score (nSPS) is 19.1. The van der Waals surface area contributed by atoms with Crippen molar-refractivity contribution >= 4 is 34.1 Å². The van der Waals surface area contributed by atoms with Crippen molar-refractivity contribution in [3.05, 3.63) is 60.7 Å². The Labute approximate surface area is 220 Å². The molecule has 7 rings (SSSR count). The molecule has 0 amide bonds. The second kappa shape index (κ2) is 8.98. The topological polar surface area (TPSA) is 118 Å². The van der Waals surface area contributed by atoms with Crippen LogP contribution in [0.4, 0.5) is 17.6 Å². The standard InChI is InChI=1S/C28H30N10/c1-28(2)16-29-10-9-21(28)33-26-24-19(17-6-7-17)14-30-15-20(24)32-25(36-26)18-8-11-31-22(13-18)34-27-35-23-5-3-4-12-38(23)37-27/h3-5,8,11-15,17,21,29H,6-7,9-10,16H2,1-2H3,(H,31,34,37)(H,32,33,36)/t21-/m0/s1. The molecule has 0 aromatic carbocycles. The zero-order valence-electron chi connectivity index (χ0n) is 21.5. The average molecular weight is 507 g/mol. The lowest BCUT2D eigenvalue weighted by atomic mass is 9.80. The third-order valence-electron chi connectivity index (χ3n) is 7.60. The van der Waals surface area contributed by atoms with Gasteiger partial charge in [-0.15, -0.1) is 5.10 Å². The van der Waals surface area contributed by atoms with Gasteiger partial charge in [0.1, 0.15) is 11.6 Å². The molecule has 3 N–H and O–H groups in total. The molecule has 6 heterocycles. The van der Waals surface area contributed by atoms with Gasteiger partial charge >= 0.3 is 0 Å². The molecule has 0 radical (unpaired) electrons. The first-order valence-corrected chi connectivity index (χ1v) is 13.2. The number of pyridine rings is 3. The number of fused-ring (bicyclic) bond motifs is 2. The number of hydrogen-bond acceptors (Lipinski definition) is 9. The number of piperidine rings is 1. The summed E-state index contributed by atoms with van der Waals surface area (Å²) < 4.78 is 1.73. The Kier molecular flexibility index (Phi) is 5.43. The molecule has 5 aromatic rings. The average Bonchev–Trinajstić information content (AvgIpc) is 3.69. The molecule has 5 aromatic heterocycles. The van der Waals surface area contributed by atoms with E-state index in [-0.39, 0.29) is 5.41 Å². The molecule has 10 nitrogen and oxygen atoms in total. The van der Waals surface area contributed by atoms with Crippen molar-refractivity contribution in [1.82, 2.24) is 39.9 Å². The Morgan fingerprint density at radius 3 is 2.82 bits per heavy atom. The van der Waals surface area contributed by atoms with Crippen molar-refractivity contribution in [3.8, 4) is 11.4 Å². The minimum Gasteiger partial charge on any atom is -0.366 e. The van der Waals surface area contributed by atoms with E-state index in [0.29, 0.717) is 29.6 Å². The van der Waals surface area contributed by atoms with Crippen LogP contribution >= 0.6 is 0 Å². The summed E-state index contributed by atoms with van der Waals surface area (Å²) in [5.41, 5.74) is 3.83. The summed E-state index contributed by atoms with van der Waals surface area (Å²) in [6.45, 7) is 6.57. The highest BCUT2D eigenvalue weighted by atomic mass is 15.3. The second-order valence-electron chi connectivity index (χ2n) is 10.9. The van der Waals surface area contributed by atoms with Gasteiger partial charge in [0.15, 0.2) is 11.5 Å². The summed E-state index contributed by atoms with van der Waals surface area (Å²) in [6.07, 6.45) is 10.9. The van der Waals surface area contributed by atoms with E-state index in [4.69, 9.17) is 9.97 Å². The van der Waals surface area contributed by atoms with Crippen LogP contribution in [0.15, 0.2) is 55.1 Å². The molecule has 0 bridgehead atoms. The van der Waals surface area contributed by atoms with Crippen LogP contribution in [0.2, 0.25) is 0 Å². The van der Waals surface area contributed by atoms with Crippen molar-refractivity contribution in [1.29, 1.82) is 0 Å². The highest BCUT2D eigenvalue weighted by molar-refractivity contribution is 5.93. The molecule has 2 fully saturated rings. The van der Waals surface area contributed by atoms with Crippen LogP contribution in [0.25, 0.3) is 27.9 Å². The molecule has 1 aliphatic heterocycles. The van der Waals surface area contributed by atoms with E-state index in [1.807, 2.05) is 48.9 Å². The Hall–Kier alpha value is -4.18. The lowest BCUT2D eigenvalue weighted by Gasteiger charge is -2.40. The number of nitrogens with zero attached hydrogens (tertiary/aromatic N) is 7. The quantitative estimate of drug-likeness (QED) is 0.305. The summed E-state index contributed by atoms with van der Waals surface area (Å²) >= 11 is 0. The van der Waals surface area contributed by atoms with E-state index in [0.717, 1.165) is 47.4 Å². The van der Waals surface area contributed by atoms with Crippen LogP contribution in [0.1, 0.15) is 44.6 Å². The van der Waals surface area contributed by atoms with Gasteiger partial charge < -0.3 is 16.0 Å². The zero-order chi connectivity index (χ0) is 25.7. The van der Waals surface area contributed by atoms with E-state index in [1.54, 1.807) is 10.7 Å². The third-order valence-corrected chi connectivity index (χ3v) is 7.60. The number of nitrogens with one attached hydrogen (secondary N) is 3. The second-order valence-corrected chi connectivity index (χ2v) is 10.9. The molecule has 10 heteroatoms. The fourth-order valence-corrected chi connectivity index (χ4v) is 5.29. The summed E-state index contributed by atoms with van der Waals surface area (Å²) in [4.78, 5) is 23.6. The molecule has 192 valence electrons. The van der Waals surface area contributed by atoms with Crippen LogP contribution in [0.3, 0.4) is 0 Å². The van der Waals surface area contributed by atoms with Crippen LogP contribution in [0, 0.1) is 5.41 Å². The summed E-state index contributed by atoms with van der Waals surface area (Å²) in [5, 5.41) is 16.2. The third kappa shape index (κ3) is 4.30. The van der Waals surface area contributed by atoms with Gasteiger partial charge in [0, 0.05) is 42.1 Å². The minimum absolute atomic E-state index is 0.0946. The number of rotatable bonds is 6. The predicted octanol–water partition coefficient (Wildman–Crippen LogP) is 4.55. The SMILES string of the molecule is CC1(C)CNCC[C@@H]1Nc1nc(-c2ccnc(Nc3nc4ccccn4n3)c2)nc2cncc(C3CC3)c12. The van der Waals surface area contributed by atoms with Gasteiger partial charge in [0.05, 0.1) is 11.7 Å². The molecule has 2 aliphatic rings. The van der Waals surface area contributed by atoms with Gasteiger partial charge in [-0.2, -0.15) is 4.98 Å². The number of aromatic nitrogens is 7. The van der Waals surface area contributed by atoms with Crippen LogP contribution in [-0.4, -0.2) is 53.7 Å². The first kappa shape index (κ1) is 23.0. The smallest absolute Gasteiger partial charge is 0.248 e. The van der Waals surface area contributed by atoms with Crippen LogP contribution in [0.5, 0.6) is 0 Å². The van der Waals surface area contributed by atoms with Gasteiger partial charge in [-0.1, -0.05) is 19.9 Å². The largest absolute Gasteiger partial charge is 0.366 e. The van der Waals surface area contributed by atoms with Gasteiger partial charge in [-0.3, -0.25) is 4.98 Å². The molecular weight excluding hydrogens is 476 g/mol. The molecule has 1 saturated carbocycles. The highest BCUT2D eigenvalue weighted by Crippen LogP contribution is 2.44. The fraction of sp³-hybridized carbons (Fsp3) is 0.357. The lowest BCUT2D eigenvalue weighted by Crippen LogP contribution is -2.49. The van der Waals surface area contributed by atoms with E-state index in [9.17, 15) is 0 Å². The number of anilines is 3. The molecule has 0 spiro atoms. The Balaban J connectivity index is 1.28. The summed E-state index contributed by atoms with van der Waals surface area (Å²) in [7, 11) is 0. The Morgan fingerprint density at radius 1 is 1.05 bits per heavy atom. The van der Waals surface area contributed by atoms with Crippen molar-refractivity contribution in [2.24, 2.45) is 5.41 Å². The highest BCUT2D eigenvalue weighted by Gasteiger charge is 2.34. The lowest BCUT2D eigenvalue weighted by molar-refractivity contribution is 0.236. The molecule has 1 aliphatic carbocycles. The van der Waals surface area contributed by atoms with Crippen molar-refractivity contribution in [2.45, 2.75) is 45.1 Å². The number of hydrogen-bond donors (Lipinski definition) is 3. The molecule has 1 atom stereocenters. The van der Waals surface area contributed by atoms with Crippen LogP contribution in [-0.2, 0) is 0 Å². The fourth-order valence-electron chi connectivity index (χ4n) is 5.29. The predicted molar refractivity (Wildman–Crippen MR) is 147 cm³/mol. The Bertz CT molecular complexity index is 1600. The molecule has 0 unspecified atom stereocenters. The summed E-state index contributed by atoms with van der Waals surface area (Å²) in [5.74, 6) is 3.17. The van der Waals surface area contributed by atoms with Gasteiger partial charge in [-0.25, -0.2) is 19.5 Å². The van der Waals surface area contributed by atoms with Crippen molar-refractivity contribution < 1.29 is 0 Å². The Morgan fingerprint density at radius 2 is 1.97 bits per heavy atom. The summed E-state index contributed by atoms with van der Waals surface area (Å²) in [6, 6.07) is 9.92. The van der Waals surface area contributed by atoms with E-state index in [2.05, 4.69) is 49.8 Å². The maximum atomic E-state index is 5.12. The maximum absolute atomic E-state index is 5.12. The van der Waals surface area contributed by atoms with E-state index in [1.165, 1.54) is 18.4 Å². The van der Waals surface area contributed by atoms with Gasteiger partial charge in [0.2, 0.25) is 5.95 Å². The van der Waals surface area contributed by atoms with Gasteiger partial charge in [0.25, 0.3) is 0 Å². The van der Waals surface area contributed by atoms with Crippen molar-refractivity contribution in [2.75, 3.05) is 23.7 Å². The van der Waals surface area contributed by atoms with Crippen LogP contribution < -0.4 is 16.0 Å². The first-order chi connectivity index (χ1) is 18.5. The first-order valence-electron chi connectivity index (χ1n) is 13.2. The van der Waals surface area contributed by atoms with E-state index < -0.39 is 0 Å². The van der Waals surface area contributed by atoms with E-state index >= 15 is 0 Å². The monoisotopic (exact) mass is 506 g/mol. The molecule has 1 saturated heterocycles. The maximum Gasteiger partial charge on any atom is 0.248 e. The molecule has 38 heavy (non-hydrogen) atoms.